The zero-order valence-electron chi connectivity index (χ0n) is 13.3. The van der Waals surface area contributed by atoms with Gasteiger partial charge in [-0.05, 0) is 63.7 Å². The zero-order valence-corrected chi connectivity index (χ0v) is 21.5. The SMILES string of the molecule is CO[P+](O)(O)Cc1c(Br)c(Br)c(C[P+](OC)(OC)OC)c(Br)c1Br. The monoisotopic (exact) mass is 636 g/mol. The van der Waals surface area contributed by atoms with Crippen molar-refractivity contribution in [2.45, 2.75) is 12.3 Å². The van der Waals surface area contributed by atoms with Gasteiger partial charge in [0.05, 0.1) is 28.4 Å². The van der Waals surface area contributed by atoms with E-state index < -0.39 is 15.9 Å². The van der Waals surface area contributed by atoms with Crippen LogP contribution in [0.25, 0.3) is 0 Å². The molecule has 0 amide bonds. The molecule has 0 aliphatic carbocycles. The van der Waals surface area contributed by atoms with Crippen molar-refractivity contribution >= 4 is 79.6 Å². The van der Waals surface area contributed by atoms with Crippen LogP contribution in [0.5, 0.6) is 0 Å². The largest absolute Gasteiger partial charge is 0.415 e. The Labute approximate surface area is 176 Å². The Hall–Kier alpha value is 1.76. The summed E-state index contributed by atoms with van der Waals surface area (Å²) in [5.41, 5.74) is 1.52. The number of halogens is 4. The molecule has 0 saturated heterocycles. The highest BCUT2D eigenvalue weighted by Gasteiger charge is 2.44. The van der Waals surface area contributed by atoms with Crippen LogP contribution in [-0.4, -0.2) is 38.2 Å². The number of hydrogen-bond donors (Lipinski definition) is 2. The minimum Gasteiger partial charge on any atom is -0.192 e. The molecule has 2 N–H and O–H groups in total. The molecule has 6 nitrogen and oxygen atoms in total. The fraction of sp³-hybridized carbons (Fsp3) is 0.500. The standard InChI is InChI=1S/C12H18Br4O6P2/c1-19-23(17,18)5-7-9(13)11(15)8(12(16)10(7)14)6-24(20-2,21-3)22-4/h17-18H,5-6H2,1-4H3/q+2. The lowest BCUT2D eigenvalue weighted by molar-refractivity contribution is 0.209. The topological polar surface area (TPSA) is 77.4 Å². The number of hydrogen-bond acceptors (Lipinski definition) is 6. The molecule has 0 saturated carbocycles. The van der Waals surface area contributed by atoms with E-state index in [0.29, 0.717) is 20.7 Å². The molecule has 0 aliphatic rings. The minimum atomic E-state index is -3.48. The maximum absolute atomic E-state index is 9.89. The molecule has 0 spiro atoms. The second kappa shape index (κ2) is 9.80. The fourth-order valence-electron chi connectivity index (χ4n) is 1.88. The lowest BCUT2D eigenvalue weighted by Crippen LogP contribution is -2.07. The first-order chi connectivity index (χ1) is 11.1. The molecular weight excluding hydrogens is 622 g/mol. The van der Waals surface area contributed by atoms with Gasteiger partial charge >= 0.3 is 15.9 Å². The quantitative estimate of drug-likeness (QED) is 0.275. The van der Waals surface area contributed by atoms with Gasteiger partial charge in [0.15, 0.2) is 12.3 Å². The van der Waals surface area contributed by atoms with Crippen LogP contribution < -0.4 is 0 Å². The van der Waals surface area contributed by atoms with Gasteiger partial charge in [-0.15, -0.1) is 0 Å². The van der Waals surface area contributed by atoms with Crippen molar-refractivity contribution in [1.29, 1.82) is 0 Å². The molecule has 1 rings (SSSR count). The van der Waals surface area contributed by atoms with E-state index in [2.05, 4.69) is 63.7 Å². The summed E-state index contributed by atoms with van der Waals surface area (Å²) in [6.07, 6.45) is 0.346. The summed E-state index contributed by atoms with van der Waals surface area (Å²) in [7, 11) is -0.136. The van der Waals surface area contributed by atoms with Crippen molar-refractivity contribution in [1.82, 2.24) is 0 Å². The molecule has 0 bridgehead atoms. The highest BCUT2D eigenvalue weighted by atomic mass is 79.9. The summed E-state index contributed by atoms with van der Waals surface area (Å²) < 4.78 is 24.0. The van der Waals surface area contributed by atoms with Gasteiger partial charge in [-0.3, -0.25) is 0 Å². The first-order valence-corrected chi connectivity index (χ1v) is 13.1. The molecular formula is C12H18Br4O6P2+2. The Morgan fingerprint density at radius 3 is 1.29 bits per heavy atom. The lowest BCUT2D eigenvalue weighted by atomic mass is 10.2. The van der Waals surface area contributed by atoms with E-state index >= 15 is 0 Å². The first kappa shape index (κ1) is 23.8. The molecule has 0 aliphatic heterocycles. The predicted molar refractivity (Wildman–Crippen MR) is 111 cm³/mol. The Morgan fingerprint density at radius 2 is 1.00 bits per heavy atom. The van der Waals surface area contributed by atoms with Gasteiger partial charge in [-0.1, -0.05) is 0 Å². The molecule has 1 aromatic rings. The van der Waals surface area contributed by atoms with E-state index in [1.807, 2.05) is 0 Å². The second-order valence-electron chi connectivity index (χ2n) is 4.54. The third kappa shape index (κ3) is 5.40. The van der Waals surface area contributed by atoms with Gasteiger partial charge in [0.25, 0.3) is 0 Å². The number of rotatable bonds is 8. The van der Waals surface area contributed by atoms with E-state index in [4.69, 9.17) is 18.1 Å². The van der Waals surface area contributed by atoms with Crippen molar-refractivity contribution in [3.63, 3.8) is 0 Å². The van der Waals surface area contributed by atoms with Crippen LogP contribution in [-0.2, 0) is 30.4 Å². The van der Waals surface area contributed by atoms with Crippen molar-refractivity contribution in [2.24, 2.45) is 0 Å². The van der Waals surface area contributed by atoms with Crippen LogP contribution in [0.4, 0.5) is 0 Å². The molecule has 0 heterocycles. The van der Waals surface area contributed by atoms with Crippen LogP contribution in [0.15, 0.2) is 17.9 Å². The van der Waals surface area contributed by atoms with Gasteiger partial charge < -0.3 is 0 Å². The molecule has 0 aromatic heterocycles. The maximum Gasteiger partial charge on any atom is 0.415 e. The van der Waals surface area contributed by atoms with Crippen LogP contribution in [0.2, 0.25) is 0 Å². The maximum atomic E-state index is 9.89. The predicted octanol–water partition coefficient (Wildman–Crippen LogP) is 5.83. The van der Waals surface area contributed by atoms with Gasteiger partial charge in [-0.2, -0.15) is 27.9 Å². The third-order valence-electron chi connectivity index (χ3n) is 3.29. The average molecular weight is 640 g/mol. The summed E-state index contributed by atoms with van der Waals surface area (Å²) in [5.74, 6) is 0. The van der Waals surface area contributed by atoms with Crippen LogP contribution >= 0.6 is 79.6 Å². The molecule has 0 unspecified atom stereocenters. The minimum absolute atomic E-state index is 0.0404. The molecule has 1 aromatic carbocycles. The molecule has 138 valence electrons. The third-order valence-corrected chi connectivity index (χ3v) is 11.5. The zero-order chi connectivity index (χ0) is 18.7. The van der Waals surface area contributed by atoms with Gasteiger partial charge in [0.2, 0.25) is 0 Å². The van der Waals surface area contributed by atoms with Gasteiger partial charge in [0, 0.05) is 29.0 Å². The summed E-state index contributed by atoms with van der Waals surface area (Å²) in [6, 6.07) is 0. The molecule has 24 heavy (non-hydrogen) atoms. The summed E-state index contributed by atoms with van der Waals surface area (Å²) in [4.78, 5) is 19.8. The van der Waals surface area contributed by atoms with E-state index in [1.54, 1.807) is 0 Å². The van der Waals surface area contributed by atoms with Gasteiger partial charge in [0.1, 0.15) is 0 Å². The second-order valence-corrected chi connectivity index (χ2v) is 12.4. The Balaban J connectivity index is 3.42. The van der Waals surface area contributed by atoms with Gasteiger partial charge in [-0.25, -0.2) is 0 Å². The first-order valence-electron chi connectivity index (χ1n) is 6.36. The van der Waals surface area contributed by atoms with Crippen molar-refractivity contribution in [2.75, 3.05) is 28.4 Å². The summed E-state index contributed by atoms with van der Waals surface area (Å²) in [5, 5.41) is 0. The van der Waals surface area contributed by atoms with Crippen molar-refractivity contribution in [3.8, 4) is 0 Å². The van der Waals surface area contributed by atoms with E-state index in [9.17, 15) is 9.79 Å². The molecule has 0 fully saturated rings. The molecule has 0 atom stereocenters. The normalized spacial score (nSPS) is 12.8. The highest BCUT2D eigenvalue weighted by Crippen LogP contribution is 2.65. The molecule has 12 heteroatoms. The highest BCUT2D eigenvalue weighted by molar-refractivity contribution is 9.14. The fourth-order valence-corrected chi connectivity index (χ4v) is 7.99. The Kier molecular flexibility index (Phi) is 9.72. The smallest absolute Gasteiger partial charge is 0.192 e. The van der Waals surface area contributed by atoms with Crippen LogP contribution in [0.1, 0.15) is 11.1 Å². The summed E-state index contributed by atoms with van der Waals surface area (Å²) in [6.45, 7) is 0. The van der Waals surface area contributed by atoms with Crippen molar-refractivity contribution < 1.29 is 27.9 Å². The lowest BCUT2D eigenvalue weighted by Gasteiger charge is -2.21. The summed E-state index contributed by atoms with van der Waals surface area (Å²) >= 11 is 14.1. The van der Waals surface area contributed by atoms with E-state index in [1.165, 1.54) is 28.4 Å². The van der Waals surface area contributed by atoms with E-state index in [-0.39, 0.29) is 6.16 Å². The Bertz CT molecular complexity index is 560. The van der Waals surface area contributed by atoms with Crippen LogP contribution in [0.3, 0.4) is 0 Å². The molecule has 0 radical (unpaired) electrons. The average Bonchev–Trinajstić information content (AvgIpc) is 2.58. The van der Waals surface area contributed by atoms with Crippen molar-refractivity contribution in [3.05, 3.63) is 29.0 Å². The van der Waals surface area contributed by atoms with E-state index in [0.717, 1.165) is 14.5 Å². The number of benzene rings is 1. The Morgan fingerprint density at radius 1 is 0.667 bits per heavy atom. The van der Waals surface area contributed by atoms with Crippen LogP contribution in [0, 0.1) is 0 Å².